The van der Waals surface area contributed by atoms with Gasteiger partial charge in [-0.2, -0.15) is 0 Å². The van der Waals surface area contributed by atoms with Gasteiger partial charge in [-0.15, -0.1) is 0 Å². The van der Waals surface area contributed by atoms with Gasteiger partial charge in [0.25, 0.3) is 0 Å². The summed E-state index contributed by atoms with van der Waals surface area (Å²) < 4.78 is 15.9. The number of hydrogen-bond donors (Lipinski definition) is 2. The number of rotatable bonds is 8. The summed E-state index contributed by atoms with van der Waals surface area (Å²) in [6.45, 7) is 3.67. The van der Waals surface area contributed by atoms with E-state index in [0.29, 0.717) is 24.0 Å². The molecule has 0 spiro atoms. The summed E-state index contributed by atoms with van der Waals surface area (Å²) in [7, 11) is 4.85. The maximum atomic E-state index is 5.60. The lowest BCUT2D eigenvalue weighted by molar-refractivity contribution is 0.349. The molecule has 0 saturated carbocycles. The zero-order chi connectivity index (χ0) is 14.3. The Hall–Kier alpha value is -1.62. The summed E-state index contributed by atoms with van der Waals surface area (Å²) in [5.74, 6) is 2.56. The van der Waals surface area contributed by atoms with Crippen LogP contribution in [0.2, 0.25) is 0 Å². The lowest BCUT2D eigenvalue weighted by Gasteiger charge is -2.16. The maximum Gasteiger partial charge on any atom is 0.164 e. The number of nitrogens with one attached hydrogen (secondary N) is 1. The Kier molecular flexibility index (Phi) is 6.29. The molecule has 1 aromatic carbocycles. The minimum Gasteiger partial charge on any atom is -0.494 e. The van der Waals surface area contributed by atoms with E-state index in [-0.39, 0.29) is 0 Å². The van der Waals surface area contributed by atoms with Gasteiger partial charge in [0, 0.05) is 18.7 Å². The lowest BCUT2D eigenvalue weighted by atomic mass is 10.1. The molecule has 19 heavy (non-hydrogen) atoms. The Labute approximate surface area is 115 Å². The van der Waals surface area contributed by atoms with Gasteiger partial charge < -0.3 is 25.3 Å². The molecular weight excluding hydrogens is 244 g/mol. The first-order valence-corrected chi connectivity index (χ1v) is 6.40. The molecule has 3 N–H and O–H groups in total. The van der Waals surface area contributed by atoms with Crippen molar-refractivity contribution in [3.63, 3.8) is 0 Å². The molecule has 5 nitrogen and oxygen atoms in total. The third kappa shape index (κ3) is 4.21. The molecule has 0 bridgehead atoms. The second kappa shape index (κ2) is 7.74. The van der Waals surface area contributed by atoms with Crippen molar-refractivity contribution in [1.29, 1.82) is 0 Å². The van der Waals surface area contributed by atoms with E-state index in [2.05, 4.69) is 12.2 Å². The Balaban J connectivity index is 2.80. The molecule has 0 aliphatic carbocycles. The van der Waals surface area contributed by atoms with E-state index < -0.39 is 0 Å². The zero-order valence-corrected chi connectivity index (χ0v) is 12.2. The number of benzene rings is 1. The Bertz CT molecular complexity index is 397. The molecule has 108 valence electrons. The number of nitrogens with two attached hydrogens (primary N) is 1. The molecule has 1 rings (SSSR count). The molecular formula is C14H24N2O3. The molecule has 0 saturated heterocycles. The minimum atomic E-state index is 0.499. The van der Waals surface area contributed by atoms with Crippen LogP contribution in [0, 0.1) is 5.92 Å². The molecule has 1 unspecified atom stereocenters. The van der Waals surface area contributed by atoms with Crippen LogP contribution in [-0.2, 0) is 0 Å². The van der Waals surface area contributed by atoms with E-state index in [9.17, 15) is 0 Å². The summed E-state index contributed by atoms with van der Waals surface area (Å²) in [6, 6.07) is 3.69. The topological polar surface area (TPSA) is 65.7 Å². The summed E-state index contributed by atoms with van der Waals surface area (Å²) in [6.07, 6.45) is 1.01. The quantitative estimate of drug-likeness (QED) is 0.756. The third-order valence-electron chi connectivity index (χ3n) is 3.06. The van der Waals surface area contributed by atoms with Crippen molar-refractivity contribution in [1.82, 2.24) is 0 Å². The summed E-state index contributed by atoms with van der Waals surface area (Å²) in [5.41, 5.74) is 6.50. The third-order valence-corrected chi connectivity index (χ3v) is 3.06. The van der Waals surface area contributed by atoms with Gasteiger partial charge in [-0.05, 0) is 18.9 Å². The Morgan fingerprint density at radius 2 is 1.63 bits per heavy atom. The molecule has 0 aliphatic rings. The standard InChI is InChI=1S/C14H24N2O3/c1-10(9-15)5-6-16-11-7-13(18-3)14(19-4)8-12(11)17-2/h7-8,10,16H,5-6,9,15H2,1-4H3. The van der Waals surface area contributed by atoms with Crippen LogP contribution in [0.25, 0.3) is 0 Å². The zero-order valence-electron chi connectivity index (χ0n) is 12.2. The predicted octanol–water partition coefficient (Wildman–Crippen LogP) is 2.11. The normalized spacial score (nSPS) is 11.8. The van der Waals surface area contributed by atoms with Gasteiger partial charge in [-0.3, -0.25) is 0 Å². The fourth-order valence-corrected chi connectivity index (χ4v) is 1.74. The molecule has 1 atom stereocenters. The number of hydrogen-bond acceptors (Lipinski definition) is 5. The average Bonchev–Trinajstić information content (AvgIpc) is 2.46. The number of ether oxygens (including phenoxy) is 3. The van der Waals surface area contributed by atoms with Gasteiger partial charge in [0.05, 0.1) is 27.0 Å². The van der Waals surface area contributed by atoms with Crippen LogP contribution in [0.5, 0.6) is 17.2 Å². The second-order valence-electron chi connectivity index (χ2n) is 4.46. The van der Waals surface area contributed by atoms with E-state index in [4.69, 9.17) is 19.9 Å². The predicted molar refractivity (Wildman–Crippen MR) is 77.4 cm³/mol. The van der Waals surface area contributed by atoms with Crippen molar-refractivity contribution in [2.75, 3.05) is 39.7 Å². The highest BCUT2D eigenvalue weighted by molar-refractivity contribution is 5.64. The first kappa shape index (κ1) is 15.4. The molecule has 0 aliphatic heterocycles. The number of methoxy groups -OCH3 is 3. The second-order valence-corrected chi connectivity index (χ2v) is 4.46. The van der Waals surface area contributed by atoms with Crippen molar-refractivity contribution in [2.45, 2.75) is 13.3 Å². The van der Waals surface area contributed by atoms with E-state index in [1.165, 1.54) is 0 Å². The molecule has 0 aromatic heterocycles. The Morgan fingerprint density at radius 3 is 2.16 bits per heavy atom. The van der Waals surface area contributed by atoms with Crippen molar-refractivity contribution >= 4 is 5.69 Å². The van der Waals surface area contributed by atoms with Crippen LogP contribution in [0.3, 0.4) is 0 Å². The molecule has 0 radical (unpaired) electrons. The Morgan fingerprint density at radius 1 is 1.05 bits per heavy atom. The van der Waals surface area contributed by atoms with Crippen LogP contribution in [0.1, 0.15) is 13.3 Å². The van der Waals surface area contributed by atoms with Crippen LogP contribution < -0.4 is 25.3 Å². The molecule has 1 aromatic rings. The summed E-state index contributed by atoms with van der Waals surface area (Å²) >= 11 is 0. The highest BCUT2D eigenvalue weighted by Gasteiger charge is 2.11. The van der Waals surface area contributed by atoms with Gasteiger partial charge >= 0.3 is 0 Å². The molecule has 0 fully saturated rings. The molecule has 5 heteroatoms. The van der Waals surface area contributed by atoms with E-state index in [1.54, 1.807) is 21.3 Å². The minimum absolute atomic E-state index is 0.499. The highest BCUT2D eigenvalue weighted by atomic mass is 16.5. The highest BCUT2D eigenvalue weighted by Crippen LogP contribution is 2.37. The van der Waals surface area contributed by atoms with E-state index in [1.807, 2.05) is 12.1 Å². The van der Waals surface area contributed by atoms with Gasteiger partial charge in [0.2, 0.25) is 0 Å². The fraction of sp³-hybridized carbons (Fsp3) is 0.571. The van der Waals surface area contributed by atoms with Gasteiger partial charge in [-0.25, -0.2) is 0 Å². The summed E-state index contributed by atoms with van der Waals surface area (Å²) in [5, 5.41) is 3.34. The van der Waals surface area contributed by atoms with Crippen molar-refractivity contribution in [3.05, 3.63) is 12.1 Å². The maximum absolute atomic E-state index is 5.60. The van der Waals surface area contributed by atoms with Crippen molar-refractivity contribution < 1.29 is 14.2 Å². The summed E-state index contributed by atoms with van der Waals surface area (Å²) in [4.78, 5) is 0. The van der Waals surface area contributed by atoms with E-state index >= 15 is 0 Å². The molecule has 0 amide bonds. The van der Waals surface area contributed by atoms with Gasteiger partial charge in [0.15, 0.2) is 11.5 Å². The fourth-order valence-electron chi connectivity index (χ4n) is 1.74. The number of anilines is 1. The molecule has 0 heterocycles. The first-order chi connectivity index (χ1) is 9.15. The van der Waals surface area contributed by atoms with Crippen LogP contribution in [0.4, 0.5) is 5.69 Å². The smallest absolute Gasteiger partial charge is 0.164 e. The SMILES string of the molecule is COc1cc(OC)c(OC)cc1NCCC(C)CN. The first-order valence-electron chi connectivity index (χ1n) is 6.40. The average molecular weight is 268 g/mol. The van der Waals surface area contributed by atoms with E-state index in [0.717, 1.165) is 24.4 Å². The van der Waals surface area contributed by atoms with Crippen LogP contribution in [-0.4, -0.2) is 34.4 Å². The van der Waals surface area contributed by atoms with Gasteiger partial charge in [-0.1, -0.05) is 6.92 Å². The van der Waals surface area contributed by atoms with Crippen LogP contribution in [0.15, 0.2) is 12.1 Å². The monoisotopic (exact) mass is 268 g/mol. The van der Waals surface area contributed by atoms with Crippen LogP contribution >= 0.6 is 0 Å². The van der Waals surface area contributed by atoms with Gasteiger partial charge in [0.1, 0.15) is 5.75 Å². The van der Waals surface area contributed by atoms with Crippen molar-refractivity contribution in [3.8, 4) is 17.2 Å². The lowest BCUT2D eigenvalue weighted by Crippen LogP contribution is -2.15. The largest absolute Gasteiger partial charge is 0.494 e. The van der Waals surface area contributed by atoms with Crippen molar-refractivity contribution in [2.24, 2.45) is 11.7 Å².